The average Bonchev–Trinajstić information content (AvgIpc) is 2.37. The SMILES string of the molecule is CSc1ccccc1NC(=O)C[NH+](C)CC(=O)NC(C)C. The van der Waals surface area contributed by atoms with E-state index in [1.165, 1.54) is 0 Å². The Morgan fingerprint density at radius 1 is 1.19 bits per heavy atom. The van der Waals surface area contributed by atoms with Crippen LogP contribution in [0.1, 0.15) is 13.8 Å². The molecule has 1 rings (SSSR count). The predicted octanol–water partition coefficient (Wildman–Crippen LogP) is 0.386. The molecule has 0 aliphatic rings. The van der Waals surface area contributed by atoms with Crippen LogP contribution in [0.15, 0.2) is 29.2 Å². The second-order valence-corrected chi connectivity index (χ2v) is 6.13. The minimum absolute atomic E-state index is 0.0418. The molecule has 1 atom stereocenters. The molecular weight excluding hydrogens is 286 g/mol. The van der Waals surface area contributed by atoms with E-state index in [0.29, 0.717) is 0 Å². The lowest BCUT2D eigenvalue weighted by molar-refractivity contribution is -0.862. The third kappa shape index (κ3) is 6.64. The van der Waals surface area contributed by atoms with Gasteiger partial charge < -0.3 is 15.5 Å². The van der Waals surface area contributed by atoms with Crippen LogP contribution in [0.4, 0.5) is 5.69 Å². The first-order chi connectivity index (χ1) is 9.92. The van der Waals surface area contributed by atoms with Crippen molar-refractivity contribution in [3.63, 3.8) is 0 Å². The highest BCUT2D eigenvalue weighted by atomic mass is 32.2. The number of carbonyl (C=O) groups excluding carboxylic acids is 2. The summed E-state index contributed by atoms with van der Waals surface area (Å²) in [4.78, 5) is 25.5. The molecule has 1 unspecified atom stereocenters. The monoisotopic (exact) mass is 310 g/mol. The first-order valence-corrected chi connectivity index (χ1v) is 8.18. The predicted molar refractivity (Wildman–Crippen MR) is 86.8 cm³/mol. The highest BCUT2D eigenvalue weighted by Gasteiger charge is 2.15. The number of para-hydroxylation sites is 1. The second-order valence-electron chi connectivity index (χ2n) is 5.28. The molecule has 6 heteroatoms. The number of benzene rings is 1. The fraction of sp³-hybridized carbons (Fsp3) is 0.467. The van der Waals surface area contributed by atoms with Gasteiger partial charge in [0.05, 0.1) is 12.7 Å². The smallest absolute Gasteiger partial charge is 0.279 e. The molecule has 21 heavy (non-hydrogen) atoms. The van der Waals surface area contributed by atoms with Crippen LogP contribution in [0.25, 0.3) is 0 Å². The summed E-state index contributed by atoms with van der Waals surface area (Å²) in [6, 6.07) is 7.79. The van der Waals surface area contributed by atoms with Crippen molar-refractivity contribution >= 4 is 29.3 Å². The van der Waals surface area contributed by atoms with Gasteiger partial charge in [0, 0.05) is 10.9 Å². The van der Waals surface area contributed by atoms with E-state index in [-0.39, 0.29) is 30.9 Å². The van der Waals surface area contributed by atoms with Crippen molar-refractivity contribution in [2.24, 2.45) is 0 Å². The van der Waals surface area contributed by atoms with Gasteiger partial charge in [-0.3, -0.25) is 9.59 Å². The number of thioether (sulfide) groups is 1. The number of hydrogen-bond donors (Lipinski definition) is 3. The van der Waals surface area contributed by atoms with Crippen LogP contribution in [-0.2, 0) is 9.59 Å². The quantitative estimate of drug-likeness (QED) is 0.638. The molecule has 0 aromatic heterocycles. The Hall–Kier alpha value is -1.53. The van der Waals surface area contributed by atoms with Crippen molar-refractivity contribution < 1.29 is 14.5 Å². The maximum Gasteiger partial charge on any atom is 0.279 e. The summed E-state index contributed by atoms with van der Waals surface area (Å²) in [5, 5.41) is 5.71. The van der Waals surface area contributed by atoms with Crippen LogP contribution >= 0.6 is 11.8 Å². The van der Waals surface area contributed by atoms with Gasteiger partial charge in [-0.25, -0.2) is 0 Å². The molecule has 2 amide bonds. The van der Waals surface area contributed by atoms with E-state index in [0.717, 1.165) is 15.5 Å². The van der Waals surface area contributed by atoms with Crippen molar-refractivity contribution in [3.8, 4) is 0 Å². The largest absolute Gasteiger partial charge is 0.349 e. The Bertz CT molecular complexity index is 492. The number of carbonyl (C=O) groups is 2. The van der Waals surface area contributed by atoms with Gasteiger partial charge in [-0.2, -0.15) is 0 Å². The molecule has 0 fully saturated rings. The maximum absolute atomic E-state index is 12.0. The van der Waals surface area contributed by atoms with E-state index in [1.54, 1.807) is 11.8 Å². The lowest BCUT2D eigenvalue weighted by Crippen LogP contribution is -3.11. The normalized spacial score (nSPS) is 12.0. The molecule has 0 heterocycles. The number of likely N-dealkylation sites (N-methyl/N-ethyl adjacent to an activating group) is 1. The molecule has 116 valence electrons. The van der Waals surface area contributed by atoms with Crippen LogP contribution in [-0.4, -0.2) is 44.2 Å². The zero-order valence-corrected chi connectivity index (χ0v) is 13.8. The summed E-state index contributed by atoms with van der Waals surface area (Å²) in [5.41, 5.74) is 0.814. The van der Waals surface area contributed by atoms with Crippen molar-refractivity contribution in [2.45, 2.75) is 24.8 Å². The van der Waals surface area contributed by atoms with E-state index in [1.807, 2.05) is 51.4 Å². The minimum Gasteiger partial charge on any atom is -0.349 e. The summed E-state index contributed by atoms with van der Waals surface area (Å²) < 4.78 is 0. The fourth-order valence-electron chi connectivity index (χ4n) is 1.93. The van der Waals surface area contributed by atoms with Crippen LogP contribution in [0, 0.1) is 0 Å². The van der Waals surface area contributed by atoms with Gasteiger partial charge in [0.25, 0.3) is 11.8 Å². The lowest BCUT2D eigenvalue weighted by Gasteiger charge is -2.15. The fourth-order valence-corrected chi connectivity index (χ4v) is 2.48. The van der Waals surface area contributed by atoms with Crippen LogP contribution in [0.2, 0.25) is 0 Å². The topological polar surface area (TPSA) is 62.6 Å². The summed E-state index contributed by atoms with van der Waals surface area (Å²) in [6.07, 6.45) is 1.97. The summed E-state index contributed by atoms with van der Waals surface area (Å²) >= 11 is 1.59. The molecule has 0 aliphatic carbocycles. The van der Waals surface area contributed by atoms with Crippen molar-refractivity contribution in [1.82, 2.24) is 5.32 Å². The number of rotatable bonds is 7. The van der Waals surface area contributed by atoms with Crippen molar-refractivity contribution in [3.05, 3.63) is 24.3 Å². The Morgan fingerprint density at radius 3 is 2.43 bits per heavy atom. The van der Waals surface area contributed by atoms with Crippen molar-refractivity contribution in [2.75, 3.05) is 31.7 Å². The van der Waals surface area contributed by atoms with Crippen LogP contribution < -0.4 is 15.5 Å². The highest BCUT2D eigenvalue weighted by Crippen LogP contribution is 2.24. The van der Waals surface area contributed by atoms with Gasteiger partial charge in [0.1, 0.15) is 0 Å². The number of anilines is 1. The van der Waals surface area contributed by atoms with Gasteiger partial charge in [-0.1, -0.05) is 12.1 Å². The van der Waals surface area contributed by atoms with E-state index in [2.05, 4.69) is 10.6 Å². The Morgan fingerprint density at radius 2 is 1.81 bits per heavy atom. The molecular formula is C15H24N3O2S+. The van der Waals surface area contributed by atoms with Gasteiger partial charge in [-0.05, 0) is 32.2 Å². The van der Waals surface area contributed by atoms with Crippen LogP contribution in [0.3, 0.4) is 0 Å². The van der Waals surface area contributed by atoms with E-state index in [9.17, 15) is 9.59 Å². The molecule has 0 radical (unpaired) electrons. The second kappa shape index (κ2) is 8.69. The Balaban J connectivity index is 2.48. The molecule has 3 N–H and O–H groups in total. The first-order valence-electron chi connectivity index (χ1n) is 6.96. The summed E-state index contributed by atoms with van der Waals surface area (Å²) in [5.74, 6) is -0.133. The number of nitrogens with one attached hydrogen (secondary N) is 3. The molecule has 1 aromatic rings. The maximum atomic E-state index is 12.0. The number of hydrogen-bond acceptors (Lipinski definition) is 3. The van der Waals surface area contributed by atoms with Crippen molar-refractivity contribution in [1.29, 1.82) is 0 Å². The molecule has 0 aliphatic heterocycles. The Labute approximate surface area is 130 Å². The summed E-state index contributed by atoms with van der Waals surface area (Å²) in [7, 11) is 1.83. The minimum atomic E-state index is -0.0913. The zero-order valence-electron chi connectivity index (χ0n) is 13.0. The van der Waals surface area contributed by atoms with Crippen LogP contribution in [0.5, 0.6) is 0 Å². The van der Waals surface area contributed by atoms with E-state index < -0.39 is 0 Å². The third-order valence-corrected chi connectivity index (χ3v) is 3.55. The number of amides is 2. The first kappa shape index (κ1) is 17.5. The van der Waals surface area contributed by atoms with E-state index in [4.69, 9.17) is 0 Å². The molecule has 0 saturated carbocycles. The zero-order chi connectivity index (χ0) is 15.8. The van der Waals surface area contributed by atoms with Gasteiger partial charge in [-0.15, -0.1) is 11.8 Å². The average molecular weight is 310 g/mol. The lowest BCUT2D eigenvalue weighted by atomic mass is 10.3. The standard InChI is InChI=1S/C15H23N3O2S/c1-11(2)16-14(19)9-18(3)10-15(20)17-12-7-5-6-8-13(12)21-4/h5-8,11H,9-10H2,1-4H3,(H,16,19)(H,17,20)/p+1. The highest BCUT2D eigenvalue weighted by molar-refractivity contribution is 7.98. The van der Waals surface area contributed by atoms with E-state index >= 15 is 0 Å². The Kier molecular flexibility index (Phi) is 7.25. The molecule has 0 bridgehead atoms. The summed E-state index contributed by atoms with van der Waals surface area (Å²) in [6.45, 7) is 4.38. The molecule has 0 spiro atoms. The molecule has 1 aromatic carbocycles. The van der Waals surface area contributed by atoms with Gasteiger partial charge in [0.2, 0.25) is 0 Å². The molecule has 5 nitrogen and oxygen atoms in total. The van der Waals surface area contributed by atoms with Gasteiger partial charge in [0.15, 0.2) is 13.1 Å². The number of quaternary nitrogens is 1. The van der Waals surface area contributed by atoms with Gasteiger partial charge >= 0.3 is 0 Å². The third-order valence-electron chi connectivity index (χ3n) is 2.76. The molecule has 0 saturated heterocycles.